The van der Waals surface area contributed by atoms with Gasteiger partial charge >= 0.3 is 0 Å². The van der Waals surface area contributed by atoms with Gasteiger partial charge in [-0.15, -0.1) is 0 Å². The van der Waals surface area contributed by atoms with Gasteiger partial charge in [0.05, 0.1) is 20.6 Å². The van der Waals surface area contributed by atoms with E-state index < -0.39 is 34.1 Å². The molecule has 0 aromatic heterocycles. The third-order valence-electron chi connectivity index (χ3n) is 6.08. The molecule has 0 saturated carbocycles. The lowest BCUT2D eigenvalue weighted by Crippen LogP contribution is -2.54. The Bertz CT molecular complexity index is 1440. The number of rotatable bonds is 9. The molecule has 0 aliphatic rings. The quantitative estimate of drug-likeness (QED) is 0.340. The van der Waals surface area contributed by atoms with Crippen molar-refractivity contribution < 1.29 is 18.0 Å². The predicted molar refractivity (Wildman–Crippen MR) is 157 cm³/mol. The molecule has 0 saturated heterocycles. The van der Waals surface area contributed by atoms with Gasteiger partial charge in [-0.2, -0.15) is 0 Å². The highest BCUT2D eigenvalue weighted by atomic mass is 35.5. The molecule has 0 spiro atoms. The Morgan fingerprint density at radius 1 is 0.923 bits per heavy atom. The smallest absolute Gasteiger partial charge is 0.264 e. The summed E-state index contributed by atoms with van der Waals surface area (Å²) < 4.78 is 28.6. The molecule has 1 N–H and O–H groups in total. The minimum absolute atomic E-state index is 0.00421. The first-order valence-corrected chi connectivity index (χ1v) is 14.6. The maximum Gasteiger partial charge on any atom is 0.264 e. The minimum atomic E-state index is -4.24. The number of carbonyl (C=O) groups is 2. The summed E-state index contributed by atoms with van der Waals surface area (Å²) in [6.07, 6.45) is 0. The first kappa shape index (κ1) is 30.5. The summed E-state index contributed by atoms with van der Waals surface area (Å²) in [4.78, 5) is 28.5. The molecule has 0 aliphatic heterocycles. The van der Waals surface area contributed by atoms with E-state index in [0.29, 0.717) is 0 Å². The first-order chi connectivity index (χ1) is 18.2. The van der Waals surface area contributed by atoms with Crippen molar-refractivity contribution in [2.45, 2.75) is 57.6 Å². The number of benzene rings is 3. The van der Waals surface area contributed by atoms with Crippen LogP contribution in [-0.4, -0.2) is 43.3 Å². The van der Waals surface area contributed by atoms with Gasteiger partial charge in [0, 0.05) is 12.1 Å². The maximum atomic E-state index is 14.0. The molecule has 1 atom stereocenters. The average Bonchev–Trinajstić information content (AvgIpc) is 2.87. The van der Waals surface area contributed by atoms with Gasteiger partial charge in [0.2, 0.25) is 11.8 Å². The van der Waals surface area contributed by atoms with E-state index in [-0.39, 0.29) is 33.1 Å². The van der Waals surface area contributed by atoms with Crippen LogP contribution in [0.15, 0.2) is 77.7 Å². The summed E-state index contributed by atoms with van der Waals surface area (Å²) >= 11 is 12.7. The molecule has 3 rings (SSSR count). The van der Waals surface area contributed by atoms with Gasteiger partial charge in [-0.3, -0.25) is 13.9 Å². The Kier molecular flexibility index (Phi) is 9.69. The number of amides is 2. The van der Waals surface area contributed by atoms with Crippen LogP contribution >= 0.6 is 23.2 Å². The molecule has 39 heavy (non-hydrogen) atoms. The third-order valence-corrected chi connectivity index (χ3v) is 8.66. The number of aryl methyl sites for hydroxylation is 1. The van der Waals surface area contributed by atoms with Crippen LogP contribution < -0.4 is 9.62 Å². The van der Waals surface area contributed by atoms with E-state index in [4.69, 9.17) is 23.2 Å². The molecule has 3 aromatic carbocycles. The van der Waals surface area contributed by atoms with Crippen molar-refractivity contribution in [2.24, 2.45) is 0 Å². The molecular weight excluding hydrogens is 557 g/mol. The normalized spacial score (nSPS) is 12.5. The van der Waals surface area contributed by atoms with Crippen LogP contribution in [0.4, 0.5) is 5.69 Å². The molecule has 0 aliphatic carbocycles. The number of nitrogens with one attached hydrogen (secondary N) is 1. The Labute approximate surface area is 240 Å². The van der Waals surface area contributed by atoms with Crippen LogP contribution in [0.25, 0.3) is 0 Å². The van der Waals surface area contributed by atoms with E-state index in [1.807, 2.05) is 52.0 Å². The Morgan fingerprint density at radius 3 is 2.15 bits per heavy atom. The van der Waals surface area contributed by atoms with Crippen molar-refractivity contribution in [2.75, 3.05) is 10.8 Å². The fraction of sp³-hybridized carbons (Fsp3) is 0.310. The highest BCUT2D eigenvalue weighted by Gasteiger charge is 2.34. The molecule has 2 amide bonds. The van der Waals surface area contributed by atoms with Crippen molar-refractivity contribution in [1.29, 1.82) is 0 Å². The van der Waals surface area contributed by atoms with Gasteiger partial charge in [0.25, 0.3) is 10.0 Å². The fourth-order valence-corrected chi connectivity index (χ4v) is 5.84. The molecule has 7 nitrogen and oxygen atoms in total. The molecule has 208 valence electrons. The maximum absolute atomic E-state index is 14.0. The summed E-state index contributed by atoms with van der Waals surface area (Å²) in [5, 5.41) is 3.05. The van der Waals surface area contributed by atoms with Gasteiger partial charge in [-0.25, -0.2) is 8.42 Å². The molecular formula is C29H33Cl2N3O4S. The van der Waals surface area contributed by atoms with Gasteiger partial charge in [-0.1, -0.05) is 71.7 Å². The zero-order valence-corrected chi connectivity index (χ0v) is 24.9. The van der Waals surface area contributed by atoms with Crippen molar-refractivity contribution in [3.05, 3.63) is 94.0 Å². The molecule has 0 bridgehead atoms. The summed E-state index contributed by atoms with van der Waals surface area (Å²) in [6, 6.07) is 19.0. The molecule has 3 aromatic rings. The summed E-state index contributed by atoms with van der Waals surface area (Å²) in [6.45, 7) is 8.58. The lowest BCUT2D eigenvalue weighted by Gasteiger charge is -2.34. The van der Waals surface area contributed by atoms with Crippen LogP contribution in [0.3, 0.4) is 0 Å². The van der Waals surface area contributed by atoms with Gasteiger partial charge in [-0.05, 0) is 70.0 Å². The number of hydrogen-bond acceptors (Lipinski definition) is 4. The van der Waals surface area contributed by atoms with E-state index >= 15 is 0 Å². The number of sulfonamides is 1. The lowest BCUT2D eigenvalue weighted by molar-refractivity contribution is -0.140. The highest BCUT2D eigenvalue weighted by molar-refractivity contribution is 7.92. The first-order valence-electron chi connectivity index (χ1n) is 12.4. The topological polar surface area (TPSA) is 86.8 Å². The average molecular weight is 591 g/mol. The van der Waals surface area contributed by atoms with E-state index in [1.54, 1.807) is 31.2 Å². The second-order valence-electron chi connectivity index (χ2n) is 10.3. The van der Waals surface area contributed by atoms with Gasteiger partial charge < -0.3 is 10.2 Å². The molecule has 10 heteroatoms. The Balaban J connectivity index is 2.08. The second kappa shape index (κ2) is 12.4. The van der Waals surface area contributed by atoms with Crippen LogP contribution in [0.2, 0.25) is 10.0 Å². The second-order valence-corrected chi connectivity index (χ2v) is 12.9. The number of carbonyl (C=O) groups excluding carboxylic acids is 2. The zero-order chi connectivity index (χ0) is 29.0. The number of anilines is 1. The van der Waals surface area contributed by atoms with Crippen molar-refractivity contribution in [1.82, 2.24) is 10.2 Å². The number of halogens is 2. The third kappa shape index (κ3) is 7.53. The summed E-state index contributed by atoms with van der Waals surface area (Å²) in [5.41, 5.74) is 1.30. The van der Waals surface area contributed by atoms with Crippen molar-refractivity contribution in [3.8, 4) is 0 Å². The Morgan fingerprint density at radius 2 is 1.54 bits per heavy atom. The summed E-state index contributed by atoms with van der Waals surface area (Å²) in [5.74, 6) is -0.937. The largest absolute Gasteiger partial charge is 0.350 e. The molecule has 0 fully saturated rings. The highest BCUT2D eigenvalue weighted by Crippen LogP contribution is 2.35. The minimum Gasteiger partial charge on any atom is -0.350 e. The molecule has 0 heterocycles. The predicted octanol–water partition coefficient (Wildman–Crippen LogP) is 5.83. The van der Waals surface area contributed by atoms with E-state index in [2.05, 4.69) is 5.32 Å². The van der Waals surface area contributed by atoms with Crippen LogP contribution in [0.5, 0.6) is 0 Å². The summed E-state index contributed by atoms with van der Waals surface area (Å²) in [7, 11) is -4.24. The number of hydrogen-bond donors (Lipinski definition) is 1. The lowest BCUT2D eigenvalue weighted by atomic mass is 10.1. The molecule has 1 unspecified atom stereocenters. The fourth-order valence-electron chi connectivity index (χ4n) is 3.95. The van der Waals surface area contributed by atoms with Crippen LogP contribution in [0, 0.1) is 6.92 Å². The van der Waals surface area contributed by atoms with Crippen molar-refractivity contribution >= 4 is 50.7 Å². The van der Waals surface area contributed by atoms with E-state index in [1.165, 1.54) is 29.2 Å². The number of nitrogens with zero attached hydrogens (tertiary/aromatic N) is 2. The zero-order valence-electron chi connectivity index (χ0n) is 22.6. The monoisotopic (exact) mass is 589 g/mol. The standard InChI is InChI=1S/C29H33Cl2N3O4S/c1-20-12-9-10-13-22(20)18-33(21(2)28(36)32-29(3,4)5)26(35)19-34(25-17-11-16-24(30)27(25)31)39(37,38)23-14-7-6-8-15-23/h6-17,21H,18-19H2,1-5H3,(H,32,36). The van der Waals surface area contributed by atoms with E-state index in [0.717, 1.165) is 15.4 Å². The SMILES string of the molecule is Cc1ccccc1CN(C(=O)CN(c1cccc(Cl)c1Cl)S(=O)(=O)c1ccccc1)C(C)C(=O)NC(C)(C)C. The molecule has 0 radical (unpaired) electrons. The Hall–Kier alpha value is -3.07. The van der Waals surface area contributed by atoms with Crippen LogP contribution in [0.1, 0.15) is 38.8 Å². The van der Waals surface area contributed by atoms with Crippen LogP contribution in [-0.2, 0) is 26.2 Å². The van der Waals surface area contributed by atoms with E-state index in [9.17, 15) is 18.0 Å². The van der Waals surface area contributed by atoms with Crippen molar-refractivity contribution in [3.63, 3.8) is 0 Å². The van der Waals surface area contributed by atoms with Gasteiger partial charge in [0.15, 0.2) is 0 Å². The van der Waals surface area contributed by atoms with Gasteiger partial charge in [0.1, 0.15) is 12.6 Å².